The van der Waals surface area contributed by atoms with Crippen molar-refractivity contribution < 1.29 is 9.63 Å². The minimum Gasteiger partial charge on any atom is -0.347 e. The zero-order chi connectivity index (χ0) is 19.5. The standard InChI is InChI=1S/C23H33N3O2/c1-24(28-2)23(27)21-17-26(22-11-6-5-10-20(21)22)14-7-13-25-15-12-18-8-3-4-9-19(18)16-25/h5-6,10-11,17-19H,3-4,7-9,12-16H2,1-2H3. The first-order chi connectivity index (χ1) is 13.7. The second-order valence-electron chi connectivity index (χ2n) is 8.49. The highest BCUT2D eigenvalue weighted by atomic mass is 16.7. The van der Waals surface area contributed by atoms with E-state index < -0.39 is 0 Å². The van der Waals surface area contributed by atoms with E-state index in [0.717, 1.165) is 42.2 Å². The second kappa shape index (κ2) is 8.66. The van der Waals surface area contributed by atoms with Crippen molar-refractivity contribution in [1.82, 2.24) is 14.5 Å². The summed E-state index contributed by atoms with van der Waals surface area (Å²) in [5.41, 5.74) is 1.84. The maximum absolute atomic E-state index is 12.6. The summed E-state index contributed by atoms with van der Waals surface area (Å²) in [7, 11) is 3.18. The van der Waals surface area contributed by atoms with Crippen molar-refractivity contribution in [3.63, 3.8) is 0 Å². The maximum Gasteiger partial charge on any atom is 0.279 e. The average Bonchev–Trinajstić information content (AvgIpc) is 3.11. The van der Waals surface area contributed by atoms with Crippen molar-refractivity contribution in [1.29, 1.82) is 0 Å². The van der Waals surface area contributed by atoms with Gasteiger partial charge in [0.25, 0.3) is 5.91 Å². The second-order valence-corrected chi connectivity index (χ2v) is 8.49. The Morgan fingerprint density at radius 1 is 1.14 bits per heavy atom. The molecule has 1 aliphatic heterocycles. The van der Waals surface area contributed by atoms with Crippen LogP contribution in [0.4, 0.5) is 0 Å². The van der Waals surface area contributed by atoms with Gasteiger partial charge in [-0.05, 0) is 50.3 Å². The number of hydroxylamine groups is 2. The SMILES string of the molecule is CON(C)C(=O)c1cn(CCCN2CCC3CCCCC3C2)c2ccccc12. The van der Waals surface area contributed by atoms with Crippen LogP contribution in [0.15, 0.2) is 30.5 Å². The molecule has 28 heavy (non-hydrogen) atoms. The van der Waals surface area contributed by atoms with Gasteiger partial charge in [-0.25, -0.2) is 5.06 Å². The third-order valence-corrected chi connectivity index (χ3v) is 6.83. The number of fused-ring (bicyclic) bond motifs is 2. The van der Waals surface area contributed by atoms with Gasteiger partial charge in [0.2, 0.25) is 0 Å². The minimum absolute atomic E-state index is 0.100. The Morgan fingerprint density at radius 3 is 2.75 bits per heavy atom. The lowest BCUT2D eigenvalue weighted by molar-refractivity contribution is -0.0755. The zero-order valence-electron chi connectivity index (χ0n) is 17.3. The van der Waals surface area contributed by atoms with E-state index in [2.05, 4.69) is 15.5 Å². The first-order valence-electron chi connectivity index (χ1n) is 10.8. The van der Waals surface area contributed by atoms with Crippen LogP contribution >= 0.6 is 0 Å². The van der Waals surface area contributed by atoms with Crippen LogP contribution in [-0.4, -0.2) is 54.2 Å². The molecule has 0 N–H and O–H groups in total. The van der Waals surface area contributed by atoms with Gasteiger partial charge in [0.1, 0.15) is 0 Å². The normalized spacial score (nSPS) is 22.9. The number of carbonyl (C=O) groups excluding carboxylic acids is 1. The minimum atomic E-state index is -0.100. The van der Waals surface area contributed by atoms with E-state index in [1.165, 1.54) is 57.4 Å². The van der Waals surface area contributed by atoms with E-state index in [1.54, 1.807) is 7.05 Å². The Bertz CT molecular complexity index is 815. The van der Waals surface area contributed by atoms with Gasteiger partial charge in [0, 0.05) is 37.2 Å². The van der Waals surface area contributed by atoms with Crippen molar-refractivity contribution in [2.45, 2.75) is 45.1 Å². The summed E-state index contributed by atoms with van der Waals surface area (Å²) in [6.07, 6.45) is 10.3. The van der Waals surface area contributed by atoms with Crippen LogP contribution in [0.5, 0.6) is 0 Å². The molecule has 2 atom stereocenters. The number of aryl methyl sites for hydroxylation is 1. The number of piperidine rings is 1. The average molecular weight is 384 g/mol. The number of likely N-dealkylation sites (tertiary alicyclic amines) is 1. The molecule has 2 fully saturated rings. The van der Waals surface area contributed by atoms with Crippen LogP contribution in [0, 0.1) is 11.8 Å². The number of rotatable bonds is 6. The smallest absolute Gasteiger partial charge is 0.279 e. The van der Waals surface area contributed by atoms with Gasteiger partial charge in [-0.1, -0.05) is 37.5 Å². The van der Waals surface area contributed by atoms with Crippen molar-refractivity contribution >= 4 is 16.8 Å². The molecule has 2 heterocycles. The van der Waals surface area contributed by atoms with Crippen molar-refractivity contribution in [2.24, 2.45) is 11.8 Å². The van der Waals surface area contributed by atoms with E-state index in [9.17, 15) is 4.79 Å². The molecule has 5 nitrogen and oxygen atoms in total. The highest BCUT2D eigenvalue weighted by Gasteiger charge is 2.30. The quantitative estimate of drug-likeness (QED) is 0.703. The van der Waals surface area contributed by atoms with Crippen LogP contribution in [0.1, 0.15) is 48.9 Å². The van der Waals surface area contributed by atoms with Crippen LogP contribution < -0.4 is 0 Å². The number of hydrogen-bond acceptors (Lipinski definition) is 3. The Balaban J connectivity index is 1.40. The molecular weight excluding hydrogens is 350 g/mol. The van der Waals surface area contributed by atoms with E-state index >= 15 is 0 Å². The fourth-order valence-electron chi connectivity index (χ4n) is 5.20. The summed E-state index contributed by atoms with van der Waals surface area (Å²) in [5.74, 6) is 1.82. The van der Waals surface area contributed by atoms with Crippen LogP contribution in [0.25, 0.3) is 10.9 Å². The van der Waals surface area contributed by atoms with Gasteiger partial charge in [0.05, 0.1) is 12.7 Å². The van der Waals surface area contributed by atoms with E-state index in [-0.39, 0.29) is 5.91 Å². The fourth-order valence-corrected chi connectivity index (χ4v) is 5.20. The monoisotopic (exact) mass is 383 g/mol. The van der Waals surface area contributed by atoms with Gasteiger partial charge in [0.15, 0.2) is 0 Å². The Labute approximate surface area is 168 Å². The molecule has 0 radical (unpaired) electrons. The summed E-state index contributed by atoms with van der Waals surface area (Å²) in [4.78, 5) is 20.4. The first-order valence-corrected chi connectivity index (χ1v) is 10.8. The number of benzene rings is 1. The lowest BCUT2D eigenvalue weighted by Crippen LogP contribution is -2.42. The van der Waals surface area contributed by atoms with E-state index in [1.807, 2.05) is 24.4 Å². The molecule has 2 aromatic rings. The zero-order valence-corrected chi connectivity index (χ0v) is 17.3. The highest BCUT2D eigenvalue weighted by Crippen LogP contribution is 2.36. The molecule has 1 aromatic heterocycles. The van der Waals surface area contributed by atoms with Crippen LogP contribution in [0.3, 0.4) is 0 Å². The van der Waals surface area contributed by atoms with Crippen molar-refractivity contribution in [2.75, 3.05) is 33.8 Å². The molecule has 0 spiro atoms. The van der Waals surface area contributed by atoms with Gasteiger partial charge in [-0.2, -0.15) is 0 Å². The Hall–Kier alpha value is -1.85. The summed E-state index contributed by atoms with van der Waals surface area (Å²) >= 11 is 0. The molecule has 1 saturated carbocycles. The molecule has 152 valence electrons. The van der Waals surface area contributed by atoms with Gasteiger partial charge in [-0.15, -0.1) is 0 Å². The third-order valence-electron chi connectivity index (χ3n) is 6.83. The molecule has 1 aromatic carbocycles. The highest BCUT2D eigenvalue weighted by molar-refractivity contribution is 6.06. The predicted octanol–water partition coefficient (Wildman–Crippen LogP) is 4.18. The molecule has 4 rings (SSSR count). The molecule has 2 unspecified atom stereocenters. The van der Waals surface area contributed by atoms with Crippen molar-refractivity contribution in [3.8, 4) is 0 Å². The summed E-state index contributed by atoms with van der Waals surface area (Å²) < 4.78 is 2.24. The first kappa shape index (κ1) is 19.5. The van der Waals surface area contributed by atoms with Crippen LogP contribution in [0.2, 0.25) is 0 Å². The van der Waals surface area contributed by atoms with Gasteiger partial charge >= 0.3 is 0 Å². The van der Waals surface area contributed by atoms with Gasteiger partial charge < -0.3 is 9.47 Å². The summed E-state index contributed by atoms with van der Waals surface area (Å²) in [6.45, 7) is 4.64. The topological polar surface area (TPSA) is 37.7 Å². The fraction of sp³-hybridized carbons (Fsp3) is 0.609. The predicted molar refractivity (Wildman–Crippen MR) is 112 cm³/mol. The summed E-state index contributed by atoms with van der Waals surface area (Å²) in [5, 5.41) is 2.29. The lowest BCUT2D eigenvalue weighted by Gasteiger charge is -2.41. The Kier molecular flexibility index (Phi) is 6.02. The molecule has 1 amide bonds. The molecule has 1 aliphatic carbocycles. The molecule has 0 bridgehead atoms. The van der Waals surface area contributed by atoms with Gasteiger partial charge in [-0.3, -0.25) is 9.63 Å². The Morgan fingerprint density at radius 2 is 1.93 bits per heavy atom. The molecule has 2 aliphatic rings. The number of nitrogens with zero attached hydrogens (tertiary/aromatic N) is 3. The van der Waals surface area contributed by atoms with E-state index in [0.29, 0.717) is 5.56 Å². The molecule has 5 heteroatoms. The molecule has 1 saturated heterocycles. The molecular formula is C23H33N3O2. The lowest BCUT2D eigenvalue weighted by atomic mass is 9.75. The van der Waals surface area contributed by atoms with Crippen LogP contribution in [-0.2, 0) is 11.4 Å². The maximum atomic E-state index is 12.6. The number of para-hydroxylation sites is 1. The largest absolute Gasteiger partial charge is 0.347 e. The van der Waals surface area contributed by atoms with E-state index in [4.69, 9.17) is 4.84 Å². The number of amides is 1. The summed E-state index contributed by atoms with van der Waals surface area (Å²) in [6, 6.07) is 8.16. The number of hydrogen-bond donors (Lipinski definition) is 0. The number of carbonyl (C=O) groups is 1. The third kappa shape index (κ3) is 3.96. The van der Waals surface area contributed by atoms with Crippen molar-refractivity contribution in [3.05, 3.63) is 36.0 Å². The number of aromatic nitrogens is 1.